The van der Waals surface area contributed by atoms with E-state index in [2.05, 4.69) is 35.5 Å². The molecule has 16 heavy (non-hydrogen) atoms. The van der Waals surface area contributed by atoms with E-state index in [1.807, 2.05) is 20.9 Å². The maximum atomic E-state index is 6.13. The van der Waals surface area contributed by atoms with E-state index in [-0.39, 0.29) is 0 Å². The fourth-order valence-corrected chi connectivity index (χ4v) is 2.21. The molecule has 0 atom stereocenters. The predicted octanol–water partition coefficient (Wildman–Crippen LogP) is 2.38. The molecule has 0 saturated heterocycles. The van der Waals surface area contributed by atoms with E-state index in [1.54, 1.807) is 0 Å². The lowest BCUT2D eigenvalue weighted by Gasteiger charge is -2.17. The first-order valence-corrected chi connectivity index (χ1v) is 5.54. The van der Waals surface area contributed by atoms with Crippen LogP contribution in [0.2, 0.25) is 0 Å². The summed E-state index contributed by atoms with van der Waals surface area (Å²) in [5.41, 5.74) is 10.4. The Balaban J connectivity index is 2.83. The fraction of sp³-hybridized carbons (Fsp3) is 0.462. The minimum atomic E-state index is -0.409. The summed E-state index contributed by atoms with van der Waals surface area (Å²) < 4.78 is 2.09. The highest BCUT2D eigenvalue weighted by Crippen LogP contribution is 2.25. The van der Waals surface area contributed by atoms with Gasteiger partial charge in [-0.2, -0.15) is 0 Å². The van der Waals surface area contributed by atoms with Crippen molar-refractivity contribution in [2.45, 2.75) is 33.2 Å². The van der Waals surface area contributed by atoms with Crippen LogP contribution in [0.15, 0.2) is 12.1 Å². The normalized spacial score (nSPS) is 12.4. The lowest BCUT2D eigenvalue weighted by molar-refractivity contribution is 0.498. The van der Waals surface area contributed by atoms with Crippen LogP contribution >= 0.6 is 0 Å². The van der Waals surface area contributed by atoms with Crippen LogP contribution in [0.5, 0.6) is 0 Å². The van der Waals surface area contributed by atoms with Gasteiger partial charge in [-0.3, -0.25) is 0 Å². The minimum Gasteiger partial charge on any atom is -0.330 e. The molecule has 0 radical (unpaired) electrons. The Bertz CT molecular complexity index is 544. The molecule has 0 amide bonds. The molecule has 2 N–H and O–H groups in total. The molecule has 3 nitrogen and oxygen atoms in total. The molecule has 2 aromatic rings. The molecule has 1 heterocycles. The zero-order valence-corrected chi connectivity index (χ0v) is 10.6. The number of aromatic nitrogens is 2. The van der Waals surface area contributed by atoms with Gasteiger partial charge in [-0.25, -0.2) is 4.98 Å². The lowest BCUT2D eigenvalue weighted by Crippen LogP contribution is -2.32. The molecule has 0 aliphatic heterocycles. The first kappa shape index (κ1) is 11.1. The Hall–Kier alpha value is -1.35. The number of benzene rings is 1. The summed E-state index contributed by atoms with van der Waals surface area (Å²) in [6, 6.07) is 4.31. The van der Waals surface area contributed by atoms with Gasteiger partial charge in [0.15, 0.2) is 0 Å². The van der Waals surface area contributed by atoms with Gasteiger partial charge in [0, 0.05) is 7.05 Å². The van der Waals surface area contributed by atoms with Crippen molar-refractivity contribution in [3.8, 4) is 0 Å². The van der Waals surface area contributed by atoms with Crippen LogP contribution in [0.4, 0.5) is 0 Å². The maximum absolute atomic E-state index is 6.13. The van der Waals surface area contributed by atoms with Crippen LogP contribution in [0, 0.1) is 13.8 Å². The van der Waals surface area contributed by atoms with E-state index in [0.29, 0.717) is 0 Å². The Morgan fingerprint density at radius 3 is 2.44 bits per heavy atom. The van der Waals surface area contributed by atoms with Crippen molar-refractivity contribution in [2.75, 3.05) is 0 Å². The van der Waals surface area contributed by atoms with Crippen LogP contribution in [0.25, 0.3) is 11.0 Å². The topological polar surface area (TPSA) is 43.8 Å². The number of nitrogens with zero attached hydrogens (tertiary/aromatic N) is 2. The minimum absolute atomic E-state index is 0.409. The molecule has 3 heteroatoms. The third-order valence-corrected chi connectivity index (χ3v) is 2.90. The molecule has 1 aromatic heterocycles. The Kier molecular flexibility index (Phi) is 2.31. The second-order valence-corrected chi connectivity index (χ2v) is 5.17. The summed E-state index contributed by atoms with van der Waals surface area (Å²) in [6.45, 7) is 8.16. The molecular weight excluding hydrogens is 198 g/mol. The molecule has 0 saturated carbocycles. The lowest BCUT2D eigenvalue weighted by atomic mass is 10.1. The van der Waals surface area contributed by atoms with Gasteiger partial charge in [0.2, 0.25) is 0 Å². The highest BCUT2D eigenvalue weighted by atomic mass is 15.1. The second-order valence-electron chi connectivity index (χ2n) is 5.17. The molecular formula is C13H19N3. The highest BCUT2D eigenvalue weighted by Gasteiger charge is 2.22. The SMILES string of the molecule is Cc1cc(C)c2nc(C(C)(C)N)n(C)c2c1. The summed E-state index contributed by atoms with van der Waals surface area (Å²) >= 11 is 0. The number of hydrogen-bond acceptors (Lipinski definition) is 2. The van der Waals surface area contributed by atoms with Gasteiger partial charge in [-0.05, 0) is 44.9 Å². The molecule has 0 spiro atoms. The van der Waals surface area contributed by atoms with E-state index in [0.717, 1.165) is 16.9 Å². The van der Waals surface area contributed by atoms with Crippen molar-refractivity contribution in [1.29, 1.82) is 0 Å². The molecule has 86 valence electrons. The zero-order valence-electron chi connectivity index (χ0n) is 10.6. The zero-order chi connectivity index (χ0) is 12.1. The molecule has 0 aliphatic rings. The van der Waals surface area contributed by atoms with E-state index in [1.165, 1.54) is 11.1 Å². The van der Waals surface area contributed by atoms with E-state index >= 15 is 0 Å². The number of rotatable bonds is 1. The average Bonchev–Trinajstić information content (AvgIpc) is 2.43. The standard InChI is InChI=1S/C13H19N3/c1-8-6-9(2)11-10(7-8)16(5)12(15-11)13(3,4)14/h6-7H,14H2,1-5H3. The van der Waals surface area contributed by atoms with Crippen molar-refractivity contribution in [3.05, 3.63) is 29.1 Å². The third kappa shape index (κ3) is 1.61. The van der Waals surface area contributed by atoms with Gasteiger partial charge in [0.25, 0.3) is 0 Å². The van der Waals surface area contributed by atoms with Crippen molar-refractivity contribution in [1.82, 2.24) is 9.55 Å². The number of nitrogens with two attached hydrogens (primary N) is 1. The summed E-state index contributed by atoms with van der Waals surface area (Å²) in [5, 5.41) is 0. The molecule has 1 aromatic carbocycles. The van der Waals surface area contributed by atoms with Crippen LogP contribution in [-0.4, -0.2) is 9.55 Å². The molecule has 0 aliphatic carbocycles. The Morgan fingerprint density at radius 1 is 1.25 bits per heavy atom. The molecule has 0 fully saturated rings. The summed E-state index contributed by atoms with van der Waals surface area (Å²) in [7, 11) is 2.03. The van der Waals surface area contributed by atoms with Crippen LogP contribution in [0.1, 0.15) is 30.8 Å². The summed E-state index contributed by atoms with van der Waals surface area (Å²) in [4.78, 5) is 4.66. The maximum Gasteiger partial charge on any atom is 0.129 e. The number of fused-ring (bicyclic) bond motifs is 1. The molecule has 0 bridgehead atoms. The van der Waals surface area contributed by atoms with Gasteiger partial charge >= 0.3 is 0 Å². The highest BCUT2D eigenvalue weighted by molar-refractivity contribution is 5.80. The fourth-order valence-electron chi connectivity index (χ4n) is 2.21. The summed E-state index contributed by atoms with van der Waals surface area (Å²) in [6.07, 6.45) is 0. The Morgan fingerprint density at radius 2 is 1.88 bits per heavy atom. The van der Waals surface area contributed by atoms with E-state index in [4.69, 9.17) is 5.73 Å². The molecule has 2 rings (SSSR count). The Labute approximate surface area is 96.3 Å². The summed E-state index contributed by atoms with van der Waals surface area (Å²) in [5.74, 6) is 0.927. The first-order chi connectivity index (χ1) is 7.30. The smallest absolute Gasteiger partial charge is 0.129 e. The van der Waals surface area contributed by atoms with Crippen molar-refractivity contribution < 1.29 is 0 Å². The average molecular weight is 217 g/mol. The second kappa shape index (κ2) is 3.32. The van der Waals surface area contributed by atoms with Gasteiger partial charge in [-0.1, -0.05) is 6.07 Å². The molecule has 0 unspecified atom stereocenters. The van der Waals surface area contributed by atoms with Gasteiger partial charge in [0.1, 0.15) is 5.82 Å². The van der Waals surface area contributed by atoms with Gasteiger partial charge < -0.3 is 10.3 Å². The number of aryl methyl sites for hydroxylation is 3. The van der Waals surface area contributed by atoms with Crippen LogP contribution in [-0.2, 0) is 12.6 Å². The monoisotopic (exact) mass is 217 g/mol. The van der Waals surface area contributed by atoms with Crippen molar-refractivity contribution >= 4 is 11.0 Å². The van der Waals surface area contributed by atoms with Crippen LogP contribution < -0.4 is 5.73 Å². The predicted molar refractivity (Wildman–Crippen MR) is 67.4 cm³/mol. The van der Waals surface area contributed by atoms with Crippen molar-refractivity contribution in [2.24, 2.45) is 12.8 Å². The van der Waals surface area contributed by atoms with E-state index in [9.17, 15) is 0 Å². The quantitative estimate of drug-likeness (QED) is 0.797. The van der Waals surface area contributed by atoms with Gasteiger partial charge in [-0.15, -0.1) is 0 Å². The largest absolute Gasteiger partial charge is 0.330 e. The van der Waals surface area contributed by atoms with Crippen LogP contribution in [0.3, 0.4) is 0 Å². The third-order valence-electron chi connectivity index (χ3n) is 2.90. The van der Waals surface area contributed by atoms with Crippen molar-refractivity contribution in [3.63, 3.8) is 0 Å². The van der Waals surface area contributed by atoms with E-state index < -0.39 is 5.54 Å². The number of hydrogen-bond donors (Lipinski definition) is 1. The van der Waals surface area contributed by atoms with Gasteiger partial charge in [0.05, 0.1) is 16.6 Å². The number of imidazole rings is 1. The first-order valence-electron chi connectivity index (χ1n) is 5.54.